The second-order valence-corrected chi connectivity index (χ2v) is 4.06. The van der Waals surface area contributed by atoms with Crippen LogP contribution in [0.5, 0.6) is 11.5 Å². The number of hydrogen-bond acceptors (Lipinski definition) is 4. The molecule has 0 bridgehead atoms. The van der Waals surface area contributed by atoms with E-state index in [-0.39, 0.29) is 12.8 Å². The van der Waals surface area contributed by atoms with Gasteiger partial charge in [0.15, 0.2) is 11.5 Å². The van der Waals surface area contributed by atoms with E-state index in [0.717, 1.165) is 11.3 Å². The standard InChI is InChI=1S/C13H17NO3/c1-3-9(2)14-7-11(15)10-4-5-12-13(6-10)17-8-16-12/h3-6,9,11,14-15H,1,7-8H2,2H3. The van der Waals surface area contributed by atoms with Crippen LogP contribution in [-0.4, -0.2) is 24.5 Å². The first-order chi connectivity index (χ1) is 8.20. The summed E-state index contributed by atoms with van der Waals surface area (Å²) in [6.45, 7) is 6.39. The number of nitrogens with one attached hydrogen (secondary N) is 1. The summed E-state index contributed by atoms with van der Waals surface area (Å²) in [6, 6.07) is 5.66. The molecular weight excluding hydrogens is 218 g/mol. The maximum atomic E-state index is 10.0. The summed E-state index contributed by atoms with van der Waals surface area (Å²) in [6.07, 6.45) is 1.23. The lowest BCUT2D eigenvalue weighted by atomic mass is 10.1. The Morgan fingerprint density at radius 3 is 3.00 bits per heavy atom. The average molecular weight is 235 g/mol. The Labute approximate surface area is 101 Å². The minimum absolute atomic E-state index is 0.179. The second-order valence-electron chi connectivity index (χ2n) is 4.06. The SMILES string of the molecule is C=CC(C)NCC(O)c1ccc2c(c1)OCO2. The number of aliphatic hydroxyl groups excluding tert-OH is 1. The van der Waals surface area contributed by atoms with Gasteiger partial charge in [-0.15, -0.1) is 6.58 Å². The van der Waals surface area contributed by atoms with Crippen LogP contribution in [0.1, 0.15) is 18.6 Å². The van der Waals surface area contributed by atoms with Gasteiger partial charge in [0, 0.05) is 12.6 Å². The molecule has 1 aliphatic rings. The van der Waals surface area contributed by atoms with Crippen molar-refractivity contribution < 1.29 is 14.6 Å². The molecular formula is C13H17NO3. The zero-order chi connectivity index (χ0) is 12.3. The Balaban J connectivity index is 1.99. The highest BCUT2D eigenvalue weighted by Crippen LogP contribution is 2.34. The van der Waals surface area contributed by atoms with Crippen LogP contribution in [0, 0.1) is 0 Å². The van der Waals surface area contributed by atoms with E-state index in [1.165, 1.54) is 0 Å². The van der Waals surface area contributed by atoms with E-state index in [2.05, 4.69) is 11.9 Å². The number of benzene rings is 1. The lowest BCUT2D eigenvalue weighted by Crippen LogP contribution is -2.28. The molecule has 0 spiro atoms. The van der Waals surface area contributed by atoms with Crippen molar-refractivity contribution in [1.29, 1.82) is 0 Å². The minimum atomic E-state index is -0.563. The molecule has 0 fully saturated rings. The van der Waals surface area contributed by atoms with Crippen molar-refractivity contribution in [2.24, 2.45) is 0 Å². The fourth-order valence-corrected chi connectivity index (χ4v) is 1.62. The van der Waals surface area contributed by atoms with E-state index in [1.807, 2.05) is 25.1 Å². The van der Waals surface area contributed by atoms with E-state index >= 15 is 0 Å². The molecule has 1 heterocycles. The van der Waals surface area contributed by atoms with Crippen molar-refractivity contribution in [1.82, 2.24) is 5.32 Å². The van der Waals surface area contributed by atoms with E-state index in [9.17, 15) is 5.11 Å². The highest BCUT2D eigenvalue weighted by atomic mass is 16.7. The summed E-state index contributed by atoms with van der Waals surface area (Å²) < 4.78 is 10.5. The quantitative estimate of drug-likeness (QED) is 0.761. The van der Waals surface area contributed by atoms with Crippen LogP contribution < -0.4 is 14.8 Å². The van der Waals surface area contributed by atoms with E-state index in [1.54, 1.807) is 6.08 Å². The van der Waals surface area contributed by atoms with Gasteiger partial charge < -0.3 is 19.9 Å². The molecule has 0 saturated heterocycles. The van der Waals surface area contributed by atoms with Crippen LogP contribution in [-0.2, 0) is 0 Å². The van der Waals surface area contributed by atoms with Gasteiger partial charge in [-0.1, -0.05) is 12.1 Å². The molecule has 4 heteroatoms. The fourth-order valence-electron chi connectivity index (χ4n) is 1.62. The average Bonchev–Trinajstić information content (AvgIpc) is 2.82. The smallest absolute Gasteiger partial charge is 0.231 e. The van der Waals surface area contributed by atoms with Gasteiger partial charge in [-0.3, -0.25) is 0 Å². The first-order valence-corrected chi connectivity index (χ1v) is 5.64. The molecule has 1 aromatic carbocycles. The number of fused-ring (bicyclic) bond motifs is 1. The molecule has 1 aromatic rings. The van der Waals surface area contributed by atoms with Gasteiger partial charge in [0.2, 0.25) is 6.79 Å². The van der Waals surface area contributed by atoms with Gasteiger partial charge in [-0.25, -0.2) is 0 Å². The molecule has 2 unspecified atom stereocenters. The molecule has 4 nitrogen and oxygen atoms in total. The van der Waals surface area contributed by atoms with Crippen LogP contribution in [0.3, 0.4) is 0 Å². The third-order valence-electron chi connectivity index (χ3n) is 2.77. The van der Waals surface area contributed by atoms with E-state index in [0.29, 0.717) is 12.3 Å². The van der Waals surface area contributed by atoms with Gasteiger partial charge >= 0.3 is 0 Å². The topological polar surface area (TPSA) is 50.7 Å². The normalized spacial score (nSPS) is 16.6. The zero-order valence-electron chi connectivity index (χ0n) is 9.85. The number of aliphatic hydroxyl groups is 1. The van der Waals surface area contributed by atoms with Gasteiger partial charge in [-0.2, -0.15) is 0 Å². The third-order valence-corrected chi connectivity index (χ3v) is 2.77. The predicted molar refractivity (Wildman–Crippen MR) is 65.2 cm³/mol. The van der Waals surface area contributed by atoms with Crippen molar-refractivity contribution in [3.63, 3.8) is 0 Å². The number of ether oxygens (including phenoxy) is 2. The van der Waals surface area contributed by atoms with E-state index < -0.39 is 6.10 Å². The van der Waals surface area contributed by atoms with Crippen molar-refractivity contribution in [2.75, 3.05) is 13.3 Å². The maximum Gasteiger partial charge on any atom is 0.231 e. The summed E-state index contributed by atoms with van der Waals surface area (Å²) in [7, 11) is 0. The summed E-state index contributed by atoms with van der Waals surface area (Å²) >= 11 is 0. The molecule has 0 aliphatic carbocycles. The van der Waals surface area contributed by atoms with Crippen LogP contribution >= 0.6 is 0 Å². The van der Waals surface area contributed by atoms with Crippen LogP contribution in [0.2, 0.25) is 0 Å². The summed E-state index contributed by atoms with van der Waals surface area (Å²) in [4.78, 5) is 0. The molecule has 0 saturated carbocycles. The fraction of sp³-hybridized carbons (Fsp3) is 0.385. The molecule has 92 valence electrons. The molecule has 0 amide bonds. The molecule has 17 heavy (non-hydrogen) atoms. The molecule has 1 aliphatic heterocycles. The van der Waals surface area contributed by atoms with Gasteiger partial charge in [0.25, 0.3) is 0 Å². The maximum absolute atomic E-state index is 10.0. The Morgan fingerprint density at radius 1 is 1.47 bits per heavy atom. The van der Waals surface area contributed by atoms with Gasteiger partial charge in [0.05, 0.1) is 6.10 Å². The molecule has 2 rings (SSSR count). The van der Waals surface area contributed by atoms with Crippen molar-refractivity contribution in [3.05, 3.63) is 36.4 Å². The molecule has 2 N–H and O–H groups in total. The number of hydrogen-bond donors (Lipinski definition) is 2. The first-order valence-electron chi connectivity index (χ1n) is 5.64. The summed E-state index contributed by atoms with van der Waals surface area (Å²) in [5.74, 6) is 1.42. The van der Waals surface area contributed by atoms with Gasteiger partial charge in [0.1, 0.15) is 0 Å². The lowest BCUT2D eigenvalue weighted by molar-refractivity contribution is 0.169. The molecule has 2 atom stereocenters. The van der Waals surface area contributed by atoms with Crippen molar-refractivity contribution >= 4 is 0 Å². The Bertz CT molecular complexity index is 406. The monoisotopic (exact) mass is 235 g/mol. The minimum Gasteiger partial charge on any atom is -0.454 e. The molecule has 0 radical (unpaired) electrons. The van der Waals surface area contributed by atoms with Gasteiger partial charge in [-0.05, 0) is 24.6 Å². The highest BCUT2D eigenvalue weighted by Gasteiger charge is 2.16. The second kappa shape index (κ2) is 5.21. The zero-order valence-corrected chi connectivity index (χ0v) is 9.85. The third kappa shape index (κ3) is 2.78. The Kier molecular flexibility index (Phi) is 3.66. The largest absolute Gasteiger partial charge is 0.454 e. The lowest BCUT2D eigenvalue weighted by Gasteiger charge is -2.15. The number of rotatable bonds is 5. The van der Waals surface area contributed by atoms with Crippen molar-refractivity contribution in [2.45, 2.75) is 19.1 Å². The van der Waals surface area contributed by atoms with Crippen molar-refractivity contribution in [3.8, 4) is 11.5 Å². The summed E-state index contributed by atoms with van der Waals surface area (Å²) in [5.41, 5.74) is 0.818. The van der Waals surface area contributed by atoms with Crippen LogP contribution in [0.4, 0.5) is 0 Å². The predicted octanol–water partition coefficient (Wildman–Crippen LogP) is 1.61. The summed E-state index contributed by atoms with van der Waals surface area (Å²) in [5, 5.41) is 13.2. The van der Waals surface area contributed by atoms with Crippen LogP contribution in [0.25, 0.3) is 0 Å². The Hall–Kier alpha value is -1.52. The first kappa shape index (κ1) is 12.0. The molecule has 0 aromatic heterocycles. The van der Waals surface area contributed by atoms with Crippen LogP contribution in [0.15, 0.2) is 30.9 Å². The Morgan fingerprint density at radius 2 is 2.24 bits per heavy atom. The highest BCUT2D eigenvalue weighted by molar-refractivity contribution is 5.45. The van der Waals surface area contributed by atoms with E-state index in [4.69, 9.17) is 9.47 Å².